The molecule has 54 heavy (non-hydrogen) atoms. The predicted molar refractivity (Wildman–Crippen MR) is 189 cm³/mol. The fraction of sp³-hybridized carbons (Fsp3) is 0.545. The van der Waals surface area contributed by atoms with Crippen LogP contribution < -0.4 is 32.1 Å². The number of aromatic nitrogens is 1. The average molecular weight is 885 g/mol. The van der Waals surface area contributed by atoms with Gasteiger partial charge < -0.3 is 57.2 Å². The molecule has 0 saturated heterocycles. The fourth-order valence-electron chi connectivity index (χ4n) is 5.70. The first-order valence-corrected chi connectivity index (χ1v) is 18.1. The second kappa shape index (κ2) is 21.9. The predicted octanol–water partition coefficient (Wildman–Crippen LogP) is 0.504. The van der Waals surface area contributed by atoms with Gasteiger partial charge in [-0.15, -0.1) is 0 Å². The molecule has 2 aromatic rings. The van der Waals surface area contributed by atoms with Gasteiger partial charge in [0, 0.05) is 51.9 Å². The molecule has 0 aliphatic heterocycles. The van der Waals surface area contributed by atoms with Crippen LogP contribution in [0.15, 0.2) is 24.4 Å². The number of amides is 4. The SMILES string of the molecule is O=C([O-])C(F)(F)F.[NH3+]CC1CCC(C(=O)N[C@H](Cc2c[nH]c3ccc(I)cc23)C(=O)NCCCC[C@H](NC(=O)N[C@@H](CCC(=O)O)C(=O)O)C(=O)O)CC1. The monoisotopic (exact) mass is 884 g/mol. The van der Waals surface area contributed by atoms with Gasteiger partial charge in [-0.1, -0.05) is 0 Å². The molecule has 0 spiro atoms. The number of hydrogen-bond acceptors (Lipinski definition) is 8. The summed E-state index contributed by atoms with van der Waals surface area (Å²) in [5, 5.41) is 47.4. The second-order valence-corrected chi connectivity index (χ2v) is 13.9. The number of carboxylic acids is 4. The highest BCUT2D eigenvalue weighted by atomic mass is 127. The van der Waals surface area contributed by atoms with Gasteiger partial charge in [0.15, 0.2) is 0 Å². The number of unbranched alkanes of at least 4 members (excludes halogenated alkanes) is 1. The highest BCUT2D eigenvalue weighted by Crippen LogP contribution is 2.28. The fourth-order valence-corrected chi connectivity index (χ4v) is 6.19. The van der Waals surface area contributed by atoms with Crippen molar-refractivity contribution in [1.82, 2.24) is 26.3 Å². The Morgan fingerprint density at radius 3 is 2.04 bits per heavy atom. The van der Waals surface area contributed by atoms with Crippen molar-refractivity contribution in [3.63, 3.8) is 0 Å². The van der Waals surface area contributed by atoms with E-state index < -0.39 is 60.6 Å². The lowest BCUT2D eigenvalue weighted by atomic mass is 9.81. The number of aliphatic carboxylic acids is 4. The Kier molecular flexibility index (Phi) is 18.4. The van der Waals surface area contributed by atoms with Crippen molar-refractivity contribution >= 4 is 75.2 Å². The van der Waals surface area contributed by atoms with E-state index in [1.54, 1.807) is 0 Å². The van der Waals surface area contributed by atoms with Crippen LogP contribution in [0.25, 0.3) is 10.9 Å². The van der Waals surface area contributed by atoms with Gasteiger partial charge in [0.05, 0.1) is 6.54 Å². The summed E-state index contributed by atoms with van der Waals surface area (Å²) in [6.07, 6.45) is 0.0866. The van der Waals surface area contributed by atoms with E-state index in [9.17, 15) is 52.2 Å². The van der Waals surface area contributed by atoms with Crippen LogP contribution in [-0.2, 0) is 35.2 Å². The summed E-state index contributed by atoms with van der Waals surface area (Å²) in [4.78, 5) is 84.7. The number of hydrogen-bond donors (Lipinski definition) is 9. The maximum absolute atomic E-state index is 13.4. The molecule has 1 aliphatic rings. The van der Waals surface area contributed by atoms with Gasteiger partial charge in [-0.25, -0.2) is 14.4 Å². The third-order valence-corrected chi connectivity index (χ3v) is 9.39. The van der Waals surface area contributed by atoms with Crippen LogP contribution in [0, 0.1) is 15.4 Å². The molecule has 4 amide bonds. The van der Waals surface area contributed by atoms with E-state index in [2.05, 4.69) is 54.6 Å². The molecule has 0 unspecified atom stereocenters. The zero-order valence-electron chi connectivity index (χ0n) is 29.0. The standard InChI is InChI=1S/C31H43IN6O9.C2HF3O2/c32-20-8-9-22-21(14-20)19(16-35-22)13-25(36-27(41)18-6-4-17(15-33)5-7-18)28(42)34-12-2-1-3-23(29(43)44)37-31(47)38-24(30(45)46)10-11-26(39)40;3-2(4,5)1(6)7/h8-9,14,16-18,23-25,35H,1-7,10-13,15,33H2,(H,34,42)(H,36,41)(H,39,40)(H,43,44)(H,45,46)(H2,37,38,47);(H,6,7)/t17?,18?,23-,24-,25+;/m0./s1. The van der Waals surface area contributed by atoms with Gasteiger partial charge in [-0.2, -0.15) is 13.2 Å². The number of rotatable bonds is 18. The van der Waals surface area contributed by atoms with E-state index in [1.807, 2.05) is 24.4 Å². The van der Waals surface area contributed by atoms with Crippen molar-refractivity contribution in [1.29, 1.82) is 0 Å². The number of nitrogens with one attached hydrogen (secondary N) is 5. The number of carbonyl (C=O) groups excluding carboxylic acids is 4. The molecule has 1 aliphatic carbocycles. The average Bonchev–Trinajstić information content (AvgIpc) is 3.49. The van der Waals surface area contributed by atoms with Gasteiger partial charge in [-0.05, 0) is 97.7 Å². The normalized spacial score (nSPS) is 17.1. The molecule has 1 heterocycles. The van der Waals surface area contributed by atoms with E-state index in [0.29, 0.717) is 18.8 Å². The highest BCUT2D eigenvalue weighted by molar-refractivity contribution is 14.1. The van der Waals surface area contributed by atoms with Crippen LogP contribution in [0.5, 0.6) is 0 Å². The molecule has 1 saturated carbocycles. The van der Waals surface area contributed by atoms with E-state index in [1.165, 1.54) is 0 Å². The molecule has 21 heteroatoms. The van der Waals surface area contributed by atoms with Crippen molar-refractivity contribution in [3.05, 3.63) is 33.5 Å². The number of alkyl halides is 3. The smallest absolute Gasteiger partial charge is 0.430 e. The largest absolute Gasteiger partial charge is 0.542 e. The Morgan fingerprint density at radius 2 is 1.50 bits per heavy atom. The Bertz CT molecular complexity index is 1630. The maximum atomic E-state index is 13.4. The van der Waals surface area contributed by atoms with Gasteiger partial charge in [-0.3, -0.25) is 14.4 Å². The summed E-state index contributed by atoms with van der Waals surface area (Å²) in [6.45, 7) is 1.04. The number of aromatic amines is 1. The van der Waals surface area contributed by atoms with E-state index in [0.717, 1.165) is 52.3 Å². The molecule has 3 rings (SSSR count). The second-order valence-electron chi connectivity index (χ2n) is 12.7. The molecule has 1 fully saturated rings. The summed E-state index contributed by atoms with van der Waals surface area (Å²) in [6, 6.07) is 1.24. The lowest BCUT2D eigenvalue weighted by molar-refractivity contribution is -0.380. The molecule has 1 aromatic carbocycles. The molecule has 0 bridgehead atoms. The Morgan fingerprint density at radius 1 is 0.907 bits per heavy atom. The summed E-state index contributed by atoms with van der Waals surface area (Å²) in [5.74, 6) is -7.18. The Labute approximate surface area is 320 Å². The first-order chi connectivity index (χ1) is 25.3. The summed E-state index contributed by atoms with van der Waals surface area (Å²) in [5.41, 5.74) is 5.79. The van der Waals surface area contributed by atoms with Crippen molar-refractivity contribution in [2.75, 3.05) is 13.1 Å². The summed E-state index contributed by atoms with van der Waals surface area (Å²) >= 11 is 2.22. The molecule has 0 radical (unpaired) electrons. The lowest BCUT2D eigenvalue weighted by Crippen LogP contribution is -2.54. The minimum Gasteiger partial charge on any atom is -0.542 e. The molecular weight excluding hydrogens is 840 g/mol. The van der Waals surface area contributed by atoms with Gasteiger partial charge in [0.1, 0.15) is 24.1 Å². The zero-order chi connectivity index (χ0) is 40.6. The Balaban J connectivity index is 0.00000131. The quantitative estimate of drug-likeness (QED) is 0.0734. The molecule has 300 valence electrons. The van der Waals surface area contributed by atoms with Crippen LogP contribution in [-0.4, -0.2) is 99.4 Å². The molecule has 17 nitrogen and oxygen atoms in total. The highest BCUT2D eigenvalue weighted by Gasteiger charge is 2.31. The van der Waals surface area contributed by atoms with Crippen LogP contribution in [0.1, 0.15) is 63.4 Å². The van der Waals surface area contributed by atoms with Crippen LogP contribution in [0.4, 0.5) is 18.0 Å². The van der Waals surface area contributed by atoms with Gasteiger partial charge in [0.25, 0.3) is 0 Å². The number of urea groups is 1. The van der Waals surface area contributed by atoms with E-state index in [4.69, 9.17) is 15.0 Å². The third kappa shape index (κ3) is 15.7. The van der Waals surface area contributed by atoms with E-state index >= 15 is 0 Å². The zero-order valence-corrected chi connectivity index (χ0v) is 31.2. The van der Waals surface area contributed by atoms with Crippen molar-refractivity contribution in [3.8, 4) is 0 Å². The third-order valence-electron chi connectivity index (χ3n) is 8.72. The summed E-state index contributed by atoms with van der Waals surface area (Å²) in [7, 11) is 0. The maximum Gasteiger partial charge on any atom is 0.430 e. The number of carboxylic acid groups (broad SMARTS) is 4. The first kappa shape index (κ1) is 45.5. The van der Waals surface area contributed by atoms with E-state index in [-0.39, 0.29) is 43.5 Å². The topological polar surface area (TPSA) is 295 Å². The Hall–Kier alpha value is -4.67. The van der Waals surface area contributed by atoms with Crippen LogP contribution >= 0.6 is 22.6 Å². The van der Waals surface area contributed by atoms with Crippen molar-refractivity contribution in [2.45, 2.75) is 88.5 Å². The molecule has 1 aromatic heterocycles. The number of carbonyl (C=O) groups is 7. The van der Waals surface area contributed by atoms with Gasteiger partial charge >= 0.3 is 30.1 Å². The first-order valence-electron chi connectivity index (χ1n) is 17.0. The molecule has 11 N–H and O–H groups in total. The number of fused-ring (bicyclic) bond motifs is 1. The van der Waals surface area contributed by atoms with Crippen molar-refractivity contribution in [2.24, 2.45) is 11.8 Å². The van der Waals surface area contributed by atoms with Crippen molar-refractivity contribution < 1.29 is 72.9 Å². The number of H-pyrrole nitrogens is 1. The van der Waals surface area contributed by atoms with Crippen LogP contribution in [0.2, 0.25) is 0 Å². The number of quaternary nitrogens is 1. The minimum absolute atomic E-state index is 0.00438. The minimum atomic E-state index is -5.19. The number of benzene rings is 1. The summed E-state index contributed by atoms with van der Waals surface area (Å²) < 4.78 is 32.6. The lowest BCUT2D eigenvalue weighted by Gasteiger charge is -2.27. The number of halogens is 4. The molecular formula is C33H44F3IN6O11. The van der Waals surface area contributed by atoms with Crippen LogP contribution in [0.3, 0.4) is 0 Å². The molecule has 3 atom stereocenters. The van der Waals surface area contributed by atoms with Gasteiger partial charge in [0.2, 0.25) is 11.8 Å².